The van der Waals surface area contributed by atoms with Crippen LogP contribution < -0.4 is 10.3 Å². The maximum absolute atomic E-state index is 13.0. The van der Waals surface area contributed by atoms with Gasteiger partial charge in [-0.25, -0.2) is 5.01 Å². The van der Waals surface area contributed by atoms with Crippen molar-refractivity contribution in [2.45, 2.75) is 39.2 Å². The van der Waals surface area contributed by atoms with Crippen molar-refractivity contribution in [2.75, 3.05) is 6.61 Å². The predicted octanol–water partition coefficient (Wildman–Crippen LogP) is 3.78. The fraction of sp³-hybridized carbons (Fsp3) is 0.280. The summed E-state index contributed by atoms with van der Waals surface area (Å²) in [6, 6.07) is 14.4. The van der Waals surface area contributed by atoms with Gasteiger partial charge in [0.2, 0.25) is 5.91 Å². The summed E-state index contributed by atoms with van der Waals surface area (Å²) in [5.74, 6) is -0.836. The predicted molar refractivity (Wildman–Crippen MR) is 125 cm³/mol. The molecule has 0 bridgehead atoms. The van der Waals surface area contributed by atoms with Crippen LogP contribution in [0.2, 0.25) is 0 Å². The first-order valence-corrected chi connectivity index (χ1v) is 10.8. The number of benzene rings is 2. The van der Waals surface area contributed by atoms with E-state index in [1.807, 2.05) is 50.2 Å². The molecule has 0 fully saturated rings. The lowest BCUT2D eigenvalue weighted by molar-refractivity contribution is -0.141. The first kappa shape index (κ1) is 22.3. The Bertz CT molecular complexity index is 1310. The number of fused-ring (bicyclic) bond motifs is 1. The Morgan fingerprint density at radius 1 is 1.18 bits per heavy atom. The second-order valence-corrected chi connectivity index (χ2v) is 8.00. The molecule has 8 heteroatoms. The molecule has 0 radical (unpaired) electrons. The van der Waals surface area contributed by atoms with Crippen LogP contribution in [0.15, 0.2) is 58.4 Å². The number of hydrazone groups is 1. The van der Waals surface area contributed by atoms with E-state index in [0.717, 1.165) is 16.5 Å². The van der Waals surface area contributed by atoms with E-state index in [1.165, 1.54) is 5.01 Å². The van der Waals surface area contributed by atoms with Gasteiger partial charge in [-0.2, -0.15) is 5.10 Å². The number of carboxylic acid groups (broad SMARTS) is 1. The highest BCUT2D eigenvalue weighted by Crippen LogP contribution is 2.33. The van der Waals surface area contributed by atoms with Crippen molar-refractivity contribution in [1.29, 1.82) is 0 Å². The van der Waals surface area contributed by atoms with Crippen LogP contribution in [0.4, 0.5) is 0 Å². The number of aryl methyl sites for hydroxylation is 1. The number of H-pyrrole nitrogens is 1. The highest BCUT2D eigenvalue weighted by atomic mass is 16.5. The molecule has 2 aromatic carbocycles. The second-order valence-electron chi connectivity index (χ2n) is 8.00. The van der Waals surface area contributed by atoms with E-state index in [0.29, 0.717) is 35.6 Å². The summed E-state index contributed by atoms with van der Waals surface area (Å²) in [6.45, 7) is 4.37. The first-order valence-electron chi connectivity index (χ1n) is 10.8. The fourth-order valence-corrected chi connectivity index (χ4v) is 4.01. The third-order valence-electron chi connectivity index (χ3n) is 5.59. The quantitative estimate of drug-likeness (QED) is 0.572. The highest BCUT2D eigenvalue weighted by molar-refractivity contribution is 6.03. The molecule has 4 rings (SSSR count). The zero-order valence-electron chi connectivity index (χ0n) is 18.5. The third kappa shape index (κ3) is 4.79. The Morgan fingerprint density at radius 3 is 2.73 bits per heavy atom. The molecule has 170 valence electrons. The van der Waals surface area contributed by atoms with Gasteiger partial charge in [-0.15, -0.1) is 0 Å². The van der Waals surface area contributed by atoms with Crippen molar-refractivity contribution in [1.82, 2.24) is 9.99 Å². The summed E-state index contributed by atoms with van der Waals surface area (Å²) in [4.78, 5) is 39.8. The van der Waals surface area contributed by atoms with Crippen molar-refractivity contribution in [3.8, 4) is 5.75 Å². The van der Waals surface area contributed by atoms with Gasteiger partial charge in [-0.1, -0.05) is 29.8 Å². The normalized spacial score (nSPS) is 15.5. The number of nitrogens with zero attached hydrogens (tertiary/aromatic N) is 2. The number of amides is 1. The van der Waals surface area contributed by atoms with Crippen molar-refractivity contribution in [3.63, 3.8) is 0 Å². The van der Waals surface area contributed by atoms with Crippen LogP contribution in [0.25, 0.3) is 10.9 Å². The molecule has 1 atom stereocenters. The van der Waals surface area contributed by atoms with Crippen LogP contribution >= 0.6 is 0 Å². The molecule has 1 unspecified atom stereocenters. The number of aromatic nitrogens is 1. The molecule has 0 saturated heterocycles. The van der Waals surface area contributed by atoms with E-state index in [4.69, 9.17) is 9.84 Å². The molecule has 1 aliphatic rings. The molecule has 1 aliphatic heterocycles. The van der Waals surface area contributed by atoms with Gasteiger partial charge >= 0.3 is 5.97 Å². The van der Waals surface area contributed by atoms with E-state index in [2.05, 4.69) is 10.1 Å². The van der Waals surface area contributed by atoms with Crippen molar-refractivity contribution in [3.05, 3.63) is 75.6 Å². The Hall–Kier alpha value is -3.94. The zero-order chi connectivity index (χ0) is 23.5. The molecular formula is C25H25N3O5. The number of hydrogen-bond acceptors (Lipinski definition) is 5. The number of aromatic amines is 1. The number of nitrogens with one attached hydrogen (secondary N) is 1. The van der Waals surface area contributed by atoms with Crippen LogP contribution in [0.5, 0.6) is 5.75 Å². The number of carbonyl (C=O) groups excluding carboxylic acids is 1. The van der Waals surface area contributed by atoms with E-state index >= 15 is 0 Å². The lowest BCUT2D eigenvalue weighted by Gasteiger charge is -2.21. The van der Waals surface area contributed by atoms with Crippen LogP contribution in [0.1, 0.15) is 48.9 Å². The zero-order valence-corrected chi connectivity index (χ0v) is 18.5. The highest BCUT2D eigenvalue weighted by Gasteiger charge is 2.34. The van der Waals surface area contributed by atoms with Gasteiger partial charge in [0.1, 0.15) is 5.75 Å². The summed E-state index contributed by atoms with van der Waals surface area (Å²) in [7, 11) is 0. The molecule has 2 N–H and O–H groups in total. The maximum Gasteiger partial charge on any atom is 0.303 e. The Balaban J connectivity index is 1.73. The SMILES string of the molecule is CCOc1ccc2cc(C3CC(c4cccc(C)c4)=NN3C(=O)CCC(=O)O)c(=O)[nH]c2c1. The topological polar surface area (TPSA) is 112 Å². The maximum atomic E-state index is 13.0. The van der Waals surface area contributed by atoms with E-state index in [-0.39, 0.29) is 18.4 Å². The van der Waals surface area contributed by atoms with Crippen LogP contribution in [0.3, 0.4) is 0 Å². The Labute approximate surface area is 190 Å². The number of carbonyl (C=O) groups is 2. The minimum absolute atomic E-state index is 0.195. The van der Waals surface area contributed by atoms with Crippen LogP contribution in [-0.4, -0.2) is 39.3 Å². The van der Waals surface area contributed by atoms with E-state index in [1.54, 1.807) is 12.1 Å². The lowest BCUT2D eigenvalue weighted by Crippen LogP contribution is -2.31. The third-order valence-corrected chi connectivity index (χ3v) is 5.59. The van der Waals surface area contributed by atoms with Crippen LogP contribution in [0, 0.1) is 6.92 Å². The van der Waals surface area contributed by atoms with Crippen molar-refractivity contribution >= 4 is 28.5 Å². The molecule has 0 spiro atoms. The molecule has 0 saturated carbocycles. The average Bonchev–Trinajstić information content (AvgIpc) is 3.22. The average molecular weight is 447 g/mol. The van der Waals surface area contributed by atoms with Crippen LogP contribution in [-0.2, 0) is 9.59 Å². The number of hydrogen-bond donors (Lipinski definition) is 2. The van der Waals surface area contributed by atoms with Crippen molar-refractivity contribution < 1.29 is 19.4 Å². The van der Waals surface area contributed by atoms with E-state index in [9.17, 15) is 14.4 Å². The number of ether oxygens (including phenoxy) is 1. The van der Waals surface area contributed by atoms with E-state index < -0.39 is 17.9 Å². The van der Waals surface area contributed by atoms with Gasteiger partial charge in [0, 0.05) is 24.5 Å². The Kier molecular flexibility index (Phi) is 6.26. The Morgan fingerprint density at radius 2 is 2.00 bits per heavy atom. The standard InChI is InChI=1S/C25H25N3O5/c1-3-33-18-8-7-17-12-19(25(32)26-20(17)13-18)22-14-21(16-6-4-5-15(2)11-16)27-28(22)23(29)9-10-24(30)31/h4-8,11-13,22H,3,9-10,14H2,1-2H3,(H,26,32)(H,30,31). The number of aliphatic carboxylic acids is 1. The molecular weight excluding hydrogens is 422 g/mol. The smallest absolute Gasteiger partial charge is 0.303 e. The largest absolute Gasteiger partial charge is 0.494 e. The fourth-order valence-electron chi connectivity index (χ4n) is 4.01. The van der Waals surface area contributed by atoms with Crippen molar-refractivity contribution in [2.24, 2.45) is 5.10 Å². The van der Waals surface area contributed by atoms with Gasteiger partial charge in [0.05, 0.1) is 30.3 Å². The minimum Gasteiger partial charge on any atom is -0.494 e. The molecule has 0 aliphatic carbocycles. The minimum atomic E-state index is -1.06. The molecule has 8 nitrogen and oxygen atoms in total. The second kappa shape index (κ2) is 9.28. The molecule has 1 aromatic heterocycles. The molecule has 3 aromatic rings. The number of carboxylic acids is 1. The van der Waals surface area contributed by atoms with Gasteiger partial charge in [-0.3, -0.25) is 14.4 Å². The summed E-state index contributed by atoms with van der Waals surface area (Å²) in [5, 5.41) is 15.6. The summed E-state index contributed by atoms with van der Waals surface area (Å²) >= 11 is 0. The summed E-state index contributed by atoms with van der Waals surface area (Å²) < 4.78 is 5.51. The molecule has 33 heavy (non-hydrogen) atoms. The first-order chi connectivity index (χ1) is 15.9. The summed E-state index contributed by atoms with van der Waals surface area (Å²) in [6.07, 6.45) is -0.140. The molecule has 1 amide bonds. The molecule has 2 heterocycles. The van der Waals surface area contributed by atoms with Gasteiger partial charge < -0.3 is 14.8 Å². The lowest BCUT2D eigenvalue weighted by atomic mass is 9.97. The van der Waals surface area contributed by atoms with Gasteiger partial charge in [0.25, 0.3) is 5.56 Å². The number of pyridine rings is 1. The van der Waals surface area contributed by atoms with Gasteiger partial charge in [0.15, 0.2) is 0 Å². The van der Waals surface area contributed by atoms with Gasteiger partial charge in [-0.05, 0) is 43.0 Å². The summed E-state index contributed by atoms with van der Waals surface area (Å²) in [5.41, 5.74) is 3.32. The number of rotatable bonds is 7. The monoisotopic (exact) mass is 447 g/mol.